The minimum absolute atomic E-state index is 0.285. The highest BCUT2D eigenvalue weighted by Gasteiger charge is 2.26. The van der Waals surface area contributed by atoms with Crippen LogP contribution in [0.2, 0.25) is 5.02 Å². The molecule has 2 N–H and O–H groups in total. The second kappa shape index (κ2) is 6.18. The van der Waals surface area contributed by atoms with E-state index in [4.69, 9.17) is 17.3 Å². The maximum Gasteiger partial charge on any atom is 0.0476 e. The van der Waals surface area contributed by atoms with Crippen LogP contribution in [-0.2, 0) is 13.0 Å². The predicted molar refractivity (Wildman–Crippen MR) is 88.5 cm³/mol. The zero-order valence-electron chi connectivity index (χ0n) is 12.3. The predicted octanol–water partition coefficient (Wildman–Crippen LogP) is 3.71. The Labute approximate surface area is 131 Å². The monoisotopic (exact) mass is 300 g/mol. The van der Waals surface area contributed by atoms with E-state index in [1.165, 1.54) is 22.3 Å². The molecule has 0 aliphatic carbocycles. The van der Waals surface area contributed by atoms with Gasteiger partial charge in [-0.25, -0.2) is 0 Å². The first-order valence-corrected chi connectivity index (χ1v) is 7.84. The van der Waals surface area contributed by atoms with E-state index >= 15 is 0 Å². The molecule has 110 valence electrons. The lowest BCUT2D eigenvalue weighted by Crippen LogP contribution is -2.38. The van der Waals surface area contributed by atoms with Gasteiger partial charge in [0.25, 0.3) is 0 Å². The van der Waals surface area contributed by atoms with Crippen molar-refractivity contribution in [1.29, 1.82) is 0 Å². The van der Waals surface area contributed by atoms with Crippen molar-refractivity contribution in [2.75, 3.05) is 13.1 Å². The van der Waals surface area contributed by atoms with Crippen LogP contribution in [0.4, 0.5) is 0 Å². The Bertz CT molecular complexity index is 639. The minimum Gasteiger partial charge on any atom is -0.329 e. The van der Waals surface area contributed by atoms with Gasteiger partial charge >= 0.3 is 0 Å². The van der Waals surface area contributed by atoms with E-state index in [-0.39, 0.29) is 6.04 Å². The van der Waals surface area contributed by atoms with Gasteiger partial charge < -0.3 is 5.73 Å². The van der Waals surface area contributed by atoms with Crippen molar-refractivity contribution >= 4 is 11.6 Å². The number of hydrogen-bond acceptors (Lipinski definition) is 2. The molecule has 1 aliphatic rings. The molecule has 2 aromatic carbocycles. The number of rotatable bonds is 3. The quantitative estimate of drug-likeness (QED) is 0.936. The van der Waals surface area contributed by atoms with Crippen LogP contribution in [0.5, 0.6) is 0 Å². The number of nitrogens with two attached hydrogens (primary N) is 1. The van der Waals surface area contributed by atoms with Crippen molar-refractivity contribution in [3.05, 3.63) is 69.7 Å². The summed E-state index contributed by atoms with van der Waals surface area (Å²) in [7, 11) is 0. The molecule has 2 nitrogen and oxygen atoms in total. The molecule has 0 radical (unpaired) electrons. The molecule has 0 saturated carbocycles. The molecular weight excluding hydrogens is 280 g/mol. The molecule has 21 heavy (non-hydrogen) atoms. The van der Waals surface area contributed by atoms with Crippen molar-refractivity contribution in [2.24, 2.45) is 5.73 Å². The molecule has 1 aliphatic heterocycles. The number of nitrogens with zero attached hydrogens (tertiary/aromatic N) is 1. The lowest BCUT2D eigenvalue weighted by atomic mass is 9.92. The Hall–Kier alpha value is -1.35. The van der Waals surface area contributed by atoms with Crippen LogP contribution >= 0.6 is 11.6 Å². The zero-order valence-corrected chi connectivity index (χ0v) is 13.1. The smallest absolute Gasteiger partial charge is 0.0476 e. The van der Waals surface area contributed by atoms with Gasteiger partial charge in [0, 0.05) is 30.7 Å². The topological polar surface area (TPSA) is 29.3 Å². The van der Waals surface area contributed by atoms with Gasteiger partial charge in [-0.3, -0.25) is 4.90 Å². The van der Waals surface area contributed by atoms with Crippen LogP contribution in [0.1, 0.15) is 28.3 Å². The van der Waals surface area contributed by atoms with Crippen molar-refractivity contribution < 1.29 is 0 Å². The van der Waals surface area contributed by atoms with E-state index in [1.807, 2.05) is 6.07 Å². The van der Waals surface area contributed by atoms with E-state index in [2.05, 4.69) is 48.2 Å². The molecule has 0 aromatic heterocycles. The van der Waals surface area contributed by atoms with Gasteiger partial charge in [0.2, 0.25) is 0 Å². The van der Waals surface area contributed by atoms with E-state index in [1.54, 1.807) is 0 Å². The molecule has 3 rings (SSSR count). The second-order valence-corrected chi connectivity index (χ2v) is 6.17. The van der Waals surface area contributed by atoms with Crippen LogP contribution < -0.4 is 5.73 Å². The Morgan fingerprint density at radius 3 is 2.81 bits per heavy atom. The lowest BCUT2D eigenvalue weighted by molar-refractivity contribution is 0.181. The maximum absolute atomic E-state index is 6.38. The summed E-state index contributed by atoms with van der Waals surface area (Å²) in [6.45, 7) is 4.59. The first-order chi connectivity index (χ1) is 10.2. The third kappa shape index (κ3) is 2.98. The highest BCUT2D eigenvalue weighted by molar-refractivity contribution is 6.31. The van der Waals surface area contributed by atoms with E-state index in [0.717, 1.165) is 24.5 Å². The average Bonchev–Trinajstić information content (AvgIpc) is 2.49. The molecule has 0 spiro atoms. The fourth-order valence-corrected chi connectivity index (χ4v) is 3.46. The molecule has 0 saturated heterocycles. The number of halogens is 1. The fourth-order valence-electron chi connectivity index (χ4n) is 3.17. The molecule has 0 fully saturated rings. The van der Waals surface area contributed by atoms with Crippen LogP contribution in [0, 0.1) is 6.92 Å². The molecule has 0 amide bonds. The van der Waals surface area contributed by atoms with Crippen LogP contribution in [0.25, 0.3) is 0 Å². The summed E-state index contributed by atoms with van der Waals surface area (Å²) in [6, 6.07) is 15.2. The standard InChI is InChI=1S/C18H21ClN2/c1-13-6-7-15(17(19)10-13)12-21-9-8-14-4-2-3-5-16(14)18(21)11-20/h2-7,10,18H,8-9,11-12,20H2,1H3. The van der Waals surface area contributed by atoms with E-state index in [0.29, 0.717) is 6.54 Å². The molecule has 1 heterocycles. The van der Waals surface area contributed by atoms with Gasteiger partial charge in [-0.1, -0.05) is 48.0 Å². The van der Waals surface area contributed by atoms with Gasteiger partial charge in [-0.2, -0.15) is 0 Å². The SMILES string of the molecule is Cc1ccc(CN2CCc3ccccc3C2CN)c(Cl)c1. The van der Waals surface area contributed by atoms with Crippen molar-refractivity contribution in [1.82, 2.24) is 4.90 Å². The van der Waals surface area contributed by atoms with Crippen molar-refractivity contribution in [3.63, 3.8) is 0 Å². The highest BCUT2D eigenvalue weighted by Crippen LogP contribution is 2.31. The number of hydrogen-bond donors (Lipinski definition) is 1. The Morgan fingerprint density at radius 2 is 2.05 bits per heavy atom. The minimum atomic E-state index is 0.285. The molecule has 1 unspecified atom stereocenters. The average molecular weight is 301 g/mol. The van der Waals surface area contributed by atoms with Crippen LogP contribution in [0.15, 0.2) is 42.5 Å². The molecular formula is C18H21ClN2. The molecule has 3 heteroatoms. The van der Waals surface area contributed by atoms with E-state index in [9.17, 15) is 0 Å². The van der Waals surface area contributed by atoms with Crippen molar-refractivity contribution in [2.45, 2.75) is 25.9 Å². The third-order valence-electron chi connectivity index (χ3n) is 4.33. The first-order valence-electron chi connectivity index (χ1n) is 7.46. The molecule has 2 aromatic rings. The van der Waals surface area contributed by atoms with Gasteiger partial charge in [-0.05, 0) is 41.7 Å². The van der Waals surface area contributed by atoms with Crippen LogP contribution in [-0.4, -0.2) is 18.0 Å². The summed E-state index contributed by atoms with van der Waals surface area (Å²) in [4.78, 5) is 2.44. The molecule has 1 atom stereocenters. The normalized spacial score (nSPS) is 18.5. The number of aryl methyl sites for hydroxylation is 1. The summed E-state index contributed by atoms with van der Waals surface area (Å²) in [5.74, 6) is 0. The summed E-state index contributed by atoms with van der Waals surface area (Å²) in [6.07, 6.45) is 1.08. The summed E-state index contributed by atoms with van der Waals surface area (Å²) in [5.41, 5.74) is 11.2. The fraction of sp³-hybridized carbons (Fsp3) is 0.333. The molecule has 0 bridgehead atoms. The Balaban J connectivity index is 1.86. The lowest BCUT2D eigenvalue weighted by Gasteiger charge is -2.37. The zero-order chi connectivity index (χ0) is 14.8. The number of benzene rings is 2. The van der Waals surface area contributed by atoms with Crippen LogP contribution in [0.3, 0.4) is 0 Å². The van der Waals surface area contributed by atoms with Gasteiger partial charge in [-0.15, -0.1) is 0 Å². The third-order valence-corrected chi connectivity index (χ3v) is 4.68. The number of fused-ring (bicyclic) bond motifs is 1. The first kappa shape index (κ1) is 14.6. The largest absolute Gasteiger partial charge is 0.329 e. The maximum atomic E-state index is 6.38. The van der Waals surface area contributed by atoms with Gasteiger partial charge in [0.05, 0.1) is 0 Å². The summed E-state index contributed by atoms with van der Waals surface area (Å²) >= 11 is 6.38. The Morgan fingerprint density at radius 1 is 1.24 bits per heavy atom. The van der Waals surface area contributed by atoms with E-state index < -0.39 is 0 Å². The van der Waals surface area contributed by atoms with Gasteiger partial charge in [0.15, 0.2) is 0 Å². The highest BCUT2D eigenvalue weighted by atomic mass is 35.5. The second-order valence-electron chi connectivity index (χ2n) is 5.77. The summed E-state index contributed by atoms with van der Waals surface area (Å²) < 4.78 is 0. The van der Waals surface area contributed by atoms with Gasteiger partial charge in [0.1, 0.15) is 0 Å². The summed E-state index contributed by atoms with van der Waals surface area (Å²) in [5, 5.41) is 0.852. The Kier molecular flexibility index (Phi) is 4.29. The van der Waals surface area contributed by atoms with Crippen molar-refractivity contribution in [3.8, 4) is 0 Å².